The second-order valence-electron chi connectivity index (χ2n) is 7.20. The number of likely N-dealkylation sites (tertiary alicyclic amines) is 3. The van der Waals surface area contributed by atoms with E-state index < -0.39 is 11.9 Å². The summed E-state index contributed by atoms with van der Waals surface area (Å²) in [4.78, 5) is 41.7. The molecular weight excluding hydrogens is 310 g/mol. The number of rotatable bonds is 2. The first-order valence-electron chi connectivity index (χ1n) is 9.11. The quantitative estimate of drug-likeness (QED) is 0.822. The largest absolute Gasteiger partial charge is 0.481 e. The second kappa shape index (κ2) is 7.40. The first-order valence-corrected chi connectivity index (χ1v) is 9.11. The molecule has 3 amide bonds. The van der Waals surface area contributed by atoms with E-state index in [9.17, 15) is 14.4 Å². The van der Waals surface area contributed by atoms with E-state index in [0.29, 0.717) is 45.4 Å². The molecule has 0 unspecified atom stereocenters. The number of carbonyl (C=O) groups excluding carboxylic acids is 2. The standard InChI is InChI=1S/C17H27N3O4/c21-15(20-9-3-4-14(12-20)16(22)23)13-5-10-19(11-6-13)17(24)18-7-1-2-8-18/h13-14H,1-12H2,(H,22,23)/t14-/m0/s1. The van der Waals surface area contributed by atoms with Gasteiger partial charge in [0, 0.05) is 45.2 Å². The van der Waals surface area contributed by atoms with Gasteiger partial charge in [-0.3, -0.25) is 9.59 Å². The second-order valence-corrected chi connectivity index (χ2v) is 7.20. The van der Waals surface area contributed by atoms with Crippen LogP contribution in [0, 0.1) is 11.8 Å². The molecule has 0 aromatic carbocycles. The van der Waals surface area contributed by atoms with E-state index in [-0.39, 0.29) is 17.9 Å². The van der Waals surface area contributed by atoms with Crippen LogP contribution in [0.4, 0.5) is 4.79 Å². The third kappa shape index (κ3) is 3.65. The van der Waals surface area contributed by atoms with Crippen molar-refractivity contribution in [2.45, 2.75) is 38.5 Å². The Bertz CT molecular complexity index is 496. The van der Waals surface area contributed by atoms with Gasteiger partial charge < -0.3 is 19.8 Å². The monoisotopic (exact) mass is 337 g/mol. The van der Waals surface area contributed by atoms with Crippen molar-refractivity contribution in [3.8, 4) is 0 Å². The third-order valence-corrected chi connectivity index (χ3v) is 5.57. The lowest BCUT2D eigenvalue weighted by Gasteiger charge is -2.37. The molecule has 7 heteroatoms. The molecule has 0 saturated carbocycles. The van der Waals surface area contributed by atoms with Crippen LogP contribution in [-0.2, 0) is 9.59 Å². The van der Waals surface area contributed by atoms with E-state index in [1.807, 2.05) is 9.80 Å². The van der Waals surface area contributed by atoms with Crippen LogP contribution in [0.2, 0.25) is 0 Å². The Morgan fingerprint density at radius 1 is 0.708 bits per heavy atom. The minimum Gasteiger partial charge on any atom is -0.481 e. The summed E-state index contributed by atoms with van der Waals surface area (Å²) in [6.45, 7) is 3.95. The van der Waals surface area contributed by atoms with E-state index >= 15 is 0 Å². The van der Waals surface area contributed by atoms with Gasteiger partial charge in [-0.15, -0.1) is 0 Å². The molecule has 24 heavy (non-hydrogen) atoms. The molecule has 0 radical (unpaired) electrons. The van der Waals surface area contributed by atoms with Crippen LogP contribution in [0.3, 0.4) is 0 Å². The van der Waals surface area contributed by atoms with Gasteiger partial charge in [0.2, 0.25) is 5.91 Å². The lowest BCUT2D eigenvalue weighted by Crippen LogP contribution is -2.50. The van der Waals surface area contributed by atoms with Crippen molar-refractivity contribution in [2.75, 3.05) is 39.3 Å². The zero-order chi connectivity index (χ0) is 17.1. The zero-order valence-electron chi connectivity index (χ0n) is 14.2. The summed E-state index contributed by atoms with van der Waals surface area (Å²) >= 11 is 0. The molecule has 0 bridgehead atoms. The molecule has 3 rings (SSSR count). The lowest BCUT2D eigenvalue weighted by molar-refractivity contribution is -0.147. The molecule has 3 fully saturated rings. The average molecular weight is 337 g/mol. The fourth-order valence-electron chi connectivity index (χ4n) is 4.06. The number of hydrogen-bond acceptors (Lipinski definition) is 3. The highest BCUT2D eigenvalue weighted by Gasteiger charge is 2.35. The Hall–Kier alpha value is -1.79. The van der Waals surface area contributed by atoms with Gasteiger partial charge in [-0.25, -0.2) is 4.79 Å². The third-order valence-electron chi connectivity index (χ3n) is 5.57. The molecule has 134 valence electrons. The Morgan fingerprint density at radius 3 is 1.92 bits per heavy atom. The molecule has 0 aromatic rings. The molecule has 3 heterocycles. The molecular formula is C17H27N3O4. The fourth-order valence-corrected chi connectivity index (χ4v) is 4.06. The van der Waals surface area contributed by atoms with Crippen molar-refractivity contribution in [3.63, 3.8) is 0 Å². The van der Waals surface area contributed by atoms with Crippen LogP contribution in [0.5, 0.6) is 0 Å². The van der Waals surface area contributed by atoms with Crippen LogP contribution in [0.25, 0.3) is 0 Å². The molecule has 3 saturated heterocycles. The van der Waals surface area contributed by atoms with Gasteiger partial charge >= 0.3 is 12.0 Å². The smallest absolute Gasteiger partial charge is 0.319 e. The van der Waals surface area contributed by atoms with Crippen LogP contribution < -0.4 is 0 Å². The zero-order valence-corrected chi connectivity index (χ0v) is 14.2. The maximum absolute atomic E-state index is 12.7. The summed E-state index contributed by atoms with van der Waals surface area (Å²) in [5.74, 6) is -1.23. The average Bonchev–Trinajstić information content (AvgIpc) is 3.15. The Morgan fingerprint density at radius 2 is 1.29 bits per heavy atom. The normalized spacial score (nSPS) is 25.8. The highest BCUT2D eigenvalue weighted by atomic mass is 16.4. The van der Waals surface area contributed by atoms with E-state index in [0.717, 1.165) is 32.4 Å². The molecule has 3 aliphatic rings. The Kier molecular flexibility index (Phi) is 5.26. The molecule has 3 aliphatic heterocycles. The molecule has 0 spiro atoms. The van der Waals surface area contributed by atoms with Crippen LogP contribution in [0.1, 0.15) is 38.5 Å². The van der Waals surface area contributed by atoms with Gasteiger partial charge in [-0.1, -0.05) is 0 Å². The summed E-state index contributed by atoms with van der Waals surface area (Å²) in [6.07, 6.45) is 4.96. The molecule has 1 atom stereocenters. The number of amides is 3. The number of carboxylic acids is 1. The number of carboxylic acid groups (broad SMARTS) is 1. The van der Waals surface area contributed by atoms with Crippen molar-refractivity contribution >= 4 is 17.9 Å². The number of nitrogens with zero attached hydrogens (tertiary/aromatic N) is 3. The topological polar surface area (TPSA) is 81.2 Å². The summed E-state index contributed by atoms with van der Waals surface area (Å²) < 4.78 is 0. The predicted molar refractivity (Wildman–Crippen MR) is 87.4 cm³/mol. The Balaban J connectivity index is 1.49. The van der Waals surface area contributed by atoms with Crippen molar-refractivity contribution in [1.82, 2.24) is 14.7 Å². The van der Waals surface area contributed by atoms with Crippen LogP contribution in [0.15, 0.2) is 0 Å². The Labute approximate surface area is 142 Å². The summed E-state index contributed by atoms with van der Waals surface area (Å²) in [7, 11) is 0. The number of urea groups is 1. The van der Waals surface area contributed by atoms with Gasteiger partial charge in [0.15, 0.2) is 0 Å². The van der Waals surface area contributed by atoms with E-state index in [1.165, 1.54) is 0 Å². The van der Waals surface area contributed by atoms with E-state index in [2.05, 4.69) is 0 Å². The van der Waals surface area contributed by atoms with E-state index in [1.54, 1.807) is 4.90 Å². The van der Waals surface area contributed by atoms with Crippen molar-refractivity contribution < 1.29 is 19.5 Å². The van der Waals surface area contributed by atoms with Crippen molar-refractivity contribution in [1.29, 1.82) is 0 Å². The number of carbonyl (C=O) groups is 3. The molecule has 7 nitrogen and oxygen atoms in total. The van der Waals surface area contributed by atoms with Gasteiger partial charge in [0.1, 0.15) is 0 Å². The lowest BCUT2D eigenvalue weighted by atomic mass is 9.92. The minimum absolute atomic E-state index is 0.0693. The first-order chi connectivity index (χ1) is 11.6. The van der Waals surface area contributed by atoms with Gasteiger partial charge in [-0.05, 0) is 38.5 Å². The number of piperidine rings is 2. The number of hydrogen-bond donors (Lipinski definition) is 1. The predicted octanol–water partition coefficient (Wildman–Crippen LogP) is 1.24. The molecule has 1 N–H and O–H groups in total. The van der Waals surface area contributed by atoms with Crippen molar-refractivity contribution in [2.24, 2.45) is 11.8 Å². The number of aliphatic carboxylic acids is 1. The van der Waals surface area contributed by atoms with Crippen LogP contribution >= 0.6 is 0 Å². The summed E-state index contributed by atoms with van der Waals surface area (Å²) in [5, 5.41) is 9.16. The summed E-state index contributed by atoms with van der Waals surface area (Å²) in [5.41, 5.74) is 0. The SMILES string of the molecule is O=C(O)[C@H]1CCCN(C(=O)C2CCN(C(=O)N3CCCC3)CC2)C1. The minimum atomic E-state index is -0.807. The van der Waals surface area contributed by atoms with Crippen molar-refractivity contribution in [3.05, 3.63) is 0 Å². The summed E-state index contributed by atoms with van der Waals surface area (Å²) in [6, 6.07) is 0.113. The first kappa shape index (κ1) is 17.0. The molecule has 0 aliphatic carbocycles. The highest BCUT2D eigenvalue weighted by Crippen LogP contribution is 2.25. The van der Waals surface area contributed by atoms with Crippen LogP contribution in [-0.4, -0.2) is 77.0 Å². The maximum atomic E-state index is 12.7. The van der Waals surface area contributed by atoms with Gasteiger partial charge in [-0.2, -0.15) is 0 Å². The van der Waals surface area contributed by atoms with Gasteiger partial charge in [0.25, 0.3) is 0 Å². The highest BCUT2D eigenvalue weighted by molar-refractivity contribution is 5.81. The van der Waals surface area contributed by atoms with Gasteiger partial charge in [0.05, 0.1) is 5.92 Å². The maximum Gasteiger partial charge on any atom is 0.319 e. The van der Waals surface area contributed by atoms with E-state index in [4.69, 9.17) is 5.11 Å². The fraction of sp³-hybridized carbons (Fsp3) is 0.824. The molecule has 0 aromatic heterocycles.